The number of pyridine rings is 1. The van der Waals surface area contributed by atoms with Gasteiger partial charge in [-0.05, 0) is 37.3 Å². The predicted molar refractivity (Wildman–Crippen MR) is 128 cm³/mol. The third-order valence-corrected chi connectivity index (χ3v) is 5.82. The van der Waals surface area contributed by atoms with Crippen LogP contribution in [0.15, 0.2) is 46.5 Å². The lowest BCUT2D eigenvalue weighted by molar-refractivity contribution is -0.138. The van der Waals surface area contributed by atoms with Crippen molar-refractivity contribution >= 4 is 16.5 Å². The Balaban J connectivity index is 1.50. The molecule has 1 atom stereocenters. The molecular formula is C24H19F7N6O3. The third kappa shape index (κ3) is 6.05. The molecule has 4 rings (SSSR count). The molecule has 0 amide bonds. The number of ether oxygens (including phenoxy) is 1. The van der Waals surface area contributed by atoms with Gasteiger partial charge in [-0.3, -0.25) is 9.59 Å². The molecule has 0 spiro atoms. The molecule has 0 radical (unpaired) electrons. The molecule has 0 fully saturated rings. The van der Waals surface area contributed by atoms with Gasteiger partial charge in [-0.2, -0.15) is 27.1 Å². The predicted octanol–water partition coefficient (Wildman–Crippen LogP) is 4.72. The van der Waals surface area contributed by atoms with E-state index in [0.29, 0.717) is 0 Å². The quantitative estimate of drug-likeness (QED) is 0.279. The van der Waals surface area contributed by atoms with Gasteiger partial charge in [0.15, 0.2) is 23.2 Å². The fraction of sp³-hybridized carbons (Fsp3) is 0.292. The van der Waals surface area contributed by atoms with Crippen molar-refractivity contribution in [3.63, 3.8) is 0 Å². The zero-order valence-electron chi connectivity index (χ0n) is 20.4. The first-order chi connectivity index (χ1) is 18.9. The maximum atomic E-state index is 15.0. The van der Waals surface area contributed by atoms with Crippen LogP contribution in [-0.2, 0) is 12.7 Å². The van der Waals surface area contributed by atoms with Gasteiger partial charge in [0.05, 0.1) is 35.2 Å². The van der Waals surface area contributed by atoms with Gasteiger partial charge >= 0.3 is 12.8 Å². The number of hydrogen-bond acceptors (Lipinski definition) is 7. The molecule has 0 aliphatic heterocycles. The monoisotopic (exact) mass is 572 g/mol. The molecule has 0 bridgehead atoms. The van der Waals surface area contributed by atoms with E-state index in [4.69, 9.17) is 0 Å². The maximum Gasteiger partial charge on any atom is 0.423 e. The van der Waals surface area contributed by atoms with Crippen LogP contribution in [0.4, 0.5) is 36.4 Å². The summed E-state index contributed by atoms with van der Waals surface area (Å²) in [5.74, 6) is -3.59. The summed E-state index contributed by atoms with van der Waals surface area (Å²) in [7, 11) is 0. The number of fused-ring (bicyclic) bond motifs is 1. The first kappa shape index (κ1) is 28.5. The summed E-state index contributed by atoms with van der Waals surface area (Å²) >= 11 is 0. The molecule has 0 aliphatic carbocycles. The Labute approximate surface area is 219 Å². The van der Waals surface area contributed by atoms with Crippen molar-refractivity contribution in [3.05, 3.63) is 74.8 Å². The van der Waals surface area contributed by atoms with Gasteiger partial charge in [-0.15, -0.1) is 0 Å². The van der Waals surface area contributed by atoms with Crippen LogP contribution < -0.4 is 21.2 Å². The summed E-state index contributed by atoms with van der Waals surface area (Å²) in [6.45, 7) is -1.53. The Morgan fingerprint density at radius 3 is 2.45 bits per heavy atom. The highest BCUT2D eigenvalue weighted by atomic mass is 19.4. The Hall–Kier alpha value is -4.50. The number of aromatic amines is 1. The topological polar surface area (TPSA) is 115 Å². The molecule has 3 heterocycles. The third-order valence-electron chi connectivity index (χ3n) is 5.82. The van der Waals surface area contributed by atoms with Gasteiger partial charge in [-0.1, -0.05) is 0 Å². The number of nitrogens with zero attached hydrogens (tertiary/aromatic N) is 4. The van der Waals surface area contributed by atoms with Crippen LogP contribution >= 0.6 is 0 Å². The first-order valence-corrected chi connectivity index (χ1v) is 11.6. The Morgan fingerprint density at radius 2 is 1.80 bits per heavy atom. The molecule has 0 aliphatic rings. The van der Waals surface area contributed by atoms with Crippen molar-refractivity contribution in [2.45, 2.75) is 45.1 Å². The number of alkyl halides is 5. The molecule has 2 N–H and O–H groups in total. The van der Waals surface area contributed by atoms with Crippen LogP contribution in [0, 0.1) is 11.6 Å². The van der Waals surface area contributed by atoms with Crippen LogP contribution in [0.2, 0.25) is 0 Å². The smallest absolute Gasteiger partial charge is 0.423 e. The molecular weight excluding hydrogens is 553 g/mol. The van der Waals surface area contributed by atoms with E-state index in [-0.39, 0.29) is 36.3 Å². The largest absolute Gasteiger partial charge is 0.432 e. The van der Waals surface area contributed by atoms with E-state index >= 15 is 0 Å². The summed E-state index contributed by atoms with van der Waals surface area (Å²) in [4.78, 5) is 31.9. The molecule has 40 heavy (non-hydrogen) atoms. The van der Waals surface area contributed by atoms with Crippen molar-refractivity contribution in [1.82, 2.24) is 24.7 Å². The molecule has 3 aromatic heterocycles. The SMILES string of the molecule is CC(CCCn1ccc2cc(-c3ncc(OC(F)F)cn3)c(F)c(F)c2c1=O)Nc1cn[nH]c(=O)c1C(F)(F)F. The summed E-state index contributed by atoms with van der Waals surface area (Å²) < 4.78 is 99.4. The number of aryl methyl sites for hydroxylation is 1. The van der Waals surface area contributed by atoms with Crippen molar-refractivity contribution in [2.75, 3.05) is 5.32 Å². The molecule has 1 aromatic carbocycles. The van der Waals surface area contributed by atoms with Crippen LogP contribution in [0.3, 0.4) is 0 Å². The fourth-order valence-electron chi connectivity index (χ4n) is 4.03. The van der Waals surface area contributed by atoms with Crippen LogP contribution in [0.1, 0.15) is 25.3 Å². The molecule has 9 nitrogen and oxygen atoms in total. The van der Waals surface area contributed by atoms with E-state index in [1.54, 1.807) is 12.0 Å². The van der Waals surface area contributed by atoms with Crippen LogP contribution in [0.25, 0.3) is 22.2 Å². The summed E-state index contributed by atoms with van der Waals surface area (Å²) in [5.41, 5.74) is -4.56. The minimum atomic E-state index is -4.91. The fourth-order valence-corrected chi connectivity index (χ4v) is 4.03. The summed E-state index contributed by atoms with van der Waals surface area (Å²) in [6.07, 6.45) is -0.508. The molecule has 212 valence electrons. The zero-order chi connectivity index (χ0) is 29.2. The second-order valence-electron chi connectivity index (χ2n) is 8.62. The van der Waals surface area contributed by atoms with Gasteiger partial charge in [0.25, 0.3) is 11.1 Å². The molecule has 1 unspecified atom stereocenters. The van der Waals surface area contributed by atoms with Crippen LogP contribution in [0.5, 0.6) is 5.75 Å². The zero-order valence-corrected chi connectivity index (χ0v) is 20.4. The number of halogens is 7. The minimum Gasteiger partial charge on any atom is -0.432 e. The normalized spacial score (nSPS) is 12.6. The lowest BCUT2D eigenvalue weighted by Crippen LogP contribution is -2.27. The van der Waals surface area contributed by atoms with E-state index in [9.17, 15) is 40.3 Å². The lowest BCUT2D eigenvalue weighted by atomic mass is 10.1. The number of benzene rings is 1. The molecule has 0 saturated carbocycles. The lowest BCUT2D eigenvalue weighted by Gasteiger charge is -2.18. The number of rotatable bonds is 9. The van der Waals surface area contributed by atoms with Gasteiger partial charge in [0.2, 0.25) is 0 Å². The van der Waals surface area contributed by atoms with E-state index in [1.807, 2.05) is 0 Å². The number of aromatic nitrogens is 5. The molecule has 16 heteroatoms. The molecule has 0 saturated heterocycles. The van der Waals surface area contributed by atoms with Gasteiger partial charge in [0, 0.05) is 18.8 Å². The average Bonchev–Trinajstić information content (AvgIpc) is 2.87. The highest BCUT2D eigenvalue weighted by molar-refractivity contribution is 5.86. The standard InChI is InChI=1S/C24H19F7N6O3/c1-11(35-15-10-34-36-21(38)17(15)24(29,30)31)3-2-5-37-6-4-12-7-14(18(25)19(26)16(12)22(37)39)20-32-8-13(9-33-20)40-23(27)28/h4,6-11,23H,2-3,5H2,1H3,(H2,35,36,38). The van der Waals surface area contributed by atoms with Crippen molar-refractivity contribution in [3.8, 4) is 17.1 Å². The Morgan fingerprint density at radius 1 is 1.10 bits per heavy atom. The summed E-state index contributed by atoms with van der Waals surface area (Å²) in [6, 6.07) is 1.92. The van der Waals surface area contributed by atoms with Crippen molar-refractivity contribution in [1.29, 1.82) is 0 Å². The highest BCUT2D eigenvalue weighted by Crippen LogP contribution is 2.32. The Kier molecular flexibility index (Phi) is 8.06. The van der Waals surface area contributed by atoms with Crippen molar-refractivity contribution in [2.24, 2.45) is 0 Å². The van der Waals surface area contributed by atoms with Gasteiger partial charge in [0.1, 0.15) is 5.56 Å². The number of anilines is 1. The molecule has 4 aromatic rings. The Bertz CT molecular complexity index is 1640. The van der Waals surface area contributed by atoms with Crippen molar-refractivity contribution < 1.29 is 35.5 Å². The van der Waals surface area contributed by atoms with Gasteiger partial charge in [-0.25, -0.2) is 23.8 Å². The average molecular weight is 572 g/mol. The van der Waals surface area contributed by atoms with E-state index in [1.165, 1.54) is 12.3 Å². The van der Waals surface area contributed by atoms with Gasteiger partial charge < -0.3 is 14.6 Å². The number of H-pyrrole nitrogens is 1. The van der Waals surface area contributed by atoms with E-state index in [0.717, 1.165) is 29.2 Å². The summed E-state index contributed by atoms with van der Waals surface area (Å²) in [5, 5.41) is 7.19. The number of nitrogens with one attached hydrogen (secondary N) is 2. The minimum absolute atomic E-state index is 0.0259. The van der Waals surface area contributed by atoms with E-state index in [2.05, 4.69) is 25.1 Å². The maximum absolute atomic E-state index is 15.0. The second kappa shape index (κ2) is 11.3. The number of hydrogen-bond donors (Lipinski definition) is 2. The first-order valence-electron chi connectivity index (χ1n) is 11.6. The second-order valence-corrected chi connectivity index (χ2v) is 8.62. The van der Waals surface area contributed by atoms with Crippen LogP contribution in [-0.4, -0.2) is 37.4 Å². The van der Waals surface area contributed by atoms with E-state index < -0.39 is 63.8 Å². The highest BCUT2D eigenvalue weighted by Gasteiger charge is 2.37.